The molecule has 0 bridgehead atoms. The predicted octanol–water partition coefficient (Wildman–Crippen LogP) is 3.09. The van der Waals surface area contributed by atoms with Crippen LogP contribution >= 0.6 is 0 Å². The van der Waals surface area contributed by atoms with Gasteiger partial charge in [-0.05, 0) is 42.3 Å². The molecule has 3 rings (SSSR count). The van der Waals surface area contributed by atoms with Gasteiger partial charge in [-0.15, -0.1) is 0 Å². The summed E-state index contributed by atoms with van der Waals surface area (Å²) in [7, 11) is 3.61. The largest absolute Gasteiger partial charge is 0.496 e. The average Bonchev–Trinajstić information content (AvgIpc) is 2.76. The minimum Gasteiger partial charge on any atom is -0.496 e. The van der Waals surface area contributed by atoms with Gasteiger partial charge in [0.1, 0.15) is 11.6 Å². The van der Waals surface area contributed by atoms with E-state index >= 15 is 0 Å². The number of nitrogens with zero attached hydrogens (tertiary/aromatic N) is 3. The number of rotatable bonds is 8. The number of likely N-dealkylation sites (N-methyl/N-ethyl adjacent to an activating group) is 1. The van der Waals surface area contributed by atoms with Gasteiger partial charge < -0.3 is 15.0 Å². The summed E-state index contributed by atoms with van der Waals surface area (Å²) in [6.45, 7) is 1.23. The number of methoxy groups -OCH3 is 1. The Hall–Kier alpha value is -3.41. The van der Waals surface area contributed by atoms with E-state index < -0.39 is 0 Å². The third kappa shape index (κ3) is 5.07. The van der Waals surface area contributed by atoms with Gasteiger partial charge in [-0.2, -0.15) is 0 Å². The van der Waals surface area contributed by atoms with E-state index in [0.29, 0.717) is 12.1 Å². The third-order valence-electron chi connectivity index (χ3n) is 4.52. The van der Waals surface area contributed by atoms with E-state index in [2.05, 4.69) is 20.2 Å². The van der Waals surface area contributed by atoms with Gasteiger partial charge in [0.2, 0.25) is 0 Å². The SMILES string of the molecule is COc1ccccc1CNC(=O)c1ccc(N(C)CCc2ccncc2)nc1. The molecular weight excluding hydrogens is 352 g/mol. The summed E-state index contributed by atoms with van der Waals surface area (Å²) >= 11 is 0. The summed E-state index contributed by atoms with van der Waals surface area (Å²) in [6.07, 6.45) is 6.11. The first-order valence-electron chi connectivity index (χ1n) is 9.13. The first kappa shape index (κ1) is 19.4. The van der Waals surface area contributed by atoms with E-state index in [4.69, 9.17) is 4.74 Å². The first-order chi connectivity index (χ1) is 13.7. The molecule has 3 aromatic rings. The number of hydrogen-bond acceptors (Lipinski definition) is 5. The van der Waals surface area contributed by atoms with Crippen LogP contribution in [0.1, 0.15) is 21.5 Å². The number of carbonyl (C=O) groups is 1. The summed E-state index contributed by atoms with van der Waals surface area (Å²) in [5.41, 5.74) is 2.69. The van der Waals surface area contributed by atoms with Crippen molar-refractivity contribution in [1.82, 2.24) is 15.3 Å². The number of carbonyl (C=O) groups excluding carboxylic acids is 1. The molecular formula is C22H24N4O2. The minimum atomic E-state index is -0.163. The molecule has 2 heterocycles. The second-order valence-corrected chi connectivity index (χ2v) is 6.43. The van der Waals surface area contributed by atoms with Gasteiger partial charge in [0.15, 0.2) is 0 Å². The molecule has 0 radical (unpaired) electrons. The van der Waals surface area contributed by atoms with Crippen LogP contribution in [0.2, 0.25) is 0 Å². The lowest BCUT2D eigenvalue weighted by Crippen LogP contribution is -2.24. The Morgan fingerprint density at radius 3 is 2.61 bits per heavy atom. The number of pyridine rings is 2. The smallest absolute Gasteiger partial charge is 0.253 e. The van der Waals surface area contributed by atoms with Crippen LogP contribution in [0.15, 0.2) is 67.1 Å². The number of anilines is 1. The van der Waals surface area contributed by atoms with Crippen molar-refractivity contribution < 1.29 is 9.53 Å². The Labute approximate surface area is 165 Å². The highest BCUT2D eigenvalue weighted by atomic mass is 16.5. The number of para-hydroxylation sites is 1. The molecule has 0 atom stereocenters. The lowest BCUT2D eigenvalue weighted by atomic mass is 10.2. The molecule has 6 nitrogen and oxygen atoms in total. The maximum Gasteiger partial charge on any atom is 0.253 e. The molecule has 0 aliphatic heterocycles. The zero-order valence-electron chi connectivity index (χ0n) is 16.1. The normalized spacial score (nSPS) is 10.4. The quantitative estimate of drug-likeness (QED) is 0.654. The Balaban J connectivity index is 1.55. The van der Waals surface area contributed by atoms with Gasteiger partial charge in [0.05, 0.1) is 12.7 Å². The van der Waals surface area contributed by atoms with E-state index in [1.807, 2.05) is 49.5 Å². The summed E-state index contributed by atoms with van der Waals surface area (Å²) in [5.74, 6) is 1.42. The topological polar surface area (TPSA) is 67.3 Å². The van der Waals surface area contributed by atoms with Crippen molar-refractivity contribution in [2.24, 2.45) is 0 Å². The highest BCUT2D eigenvalue weighted by molar-refractivity contribution is 5.94. The Morgan fingerprint density at radius 1 is 1.11 bits per heavy atom. The number of benzene rings is 1. The number of ether oxygens (including phenoxy) is 1. The van der Waals surface area contributed by atoms with E-state index in [1.165, 1.54) is 5.56 Å². The number of amides is 1. The molecule has 0 saturated carbocycles. The van der Waals surface area contributed by atoms with Crippen molar-refractivity contribution in [3.63, 3.8) is 0 Å². The van der Waals surface area contributed by atoms with E-state index in [1.54, 1.807) is 31.8 Å². The van der Waals surface area contributed by atoms with Gasteiger partial charge in [-0.1, -0.05) is 18.2 Å². The minimum absolute atomic E-state index is 0.163. The van der Waals surface area contributed by atoms with Crippen LogP contribution < -0.4 is 15.0 Å². The standard InChI is InChI=1S/C22H24N4O2/c1-26(14-11-17-9-12-23-13-10-17)21-8-7-19(16-24-21)22(27)25-15-18-5-3-4-6-20(18)28-2/h3-10,12-13,16H,11,14-15H2,1-2H3,(H,25,27). The average molecular weight is 376 g/mol. The van der Waals surface area contributed by atoms with Crippen LogP contribution in [0.25, 0.3) is 0 Å². The molecule has 0 fully saturated rings. The fourth-order valence-corrected chi connectivity index (χ4v) is 2.83. The highest BCUT2D eigenvalue weighted by Gasteiger charge is 2.09. The van der Waals surface area contributed by atoms with E-state index in [-0.39, 0.29) is 5.91 Å². The Kier molecular flexibility index (Phi) is 6.57. The van der Waals surface area contributed by atoms with Crippen molar-refractivity contribution in [3.8, 4) is 5.75 Å². The molecule has 0 spiro atoms. The second-order valence-electron chi connectivity index (χ2n) is 6.43. The van der Waals surface area contributed by atoms with Crippen molar-refractivity contribution in [2.45, 2.75) is 13.0 Å². The number of nitrogens with one attached hydrogen (secondary N) is 1. The fourth-order valence-electron chi connectivity index (χ4n) is 2.83. The molecule has 28 heavy (non-hydrogen) atoms. The molecule has 1 N–H and O–H groups in total. The van der Waals surface area contributed by atoms with Crippen molar-refractivity contribution in [2.75, 3.05) is 25.6 Å². The molecule has 0 saturated heterocycles. The van der Waals surface area contributed by atoms with E-state index in [9.17, 15) is 4.79 Å². The van der Waals surface area contributed by atoms with Crippen LogP contribution in [0, 0.1) is 0 Å². The summed E-state index contributed by atoms with van der Waals surface area (Å²) in [4.78, 5) is 22.9. The monoisotopic (exact) mass is 376 g/mol. The maximum absolute atomic E-state index is 12.4. The highest BCUT2D eigenvalue weighted by Crippen LogP contribution is 2.17. The van der Waals surface area contributed by atoms with Gasteiger partial charge >= 0.3 is 0 Å². The number of aromatic nitrogens is 2. The van der Waals surface area contributed by atoms with Crippen molar-refractivity contribution in [3.05, 3.63) is 83.8 Å². The predicted molar refractivity (Wildman–Crippen MR) is 110 cm³/mol. The van der Waals surface area contributed by atoms with Crippen molar-refractivity contribution in [1.29, 1.82) is 0 Å². The van der Waals surface area contributed by atoms with Gasteiger partial charge in [-0.3, -0.25) is 9.78 Å². The lowest BCUT2D eigenvalue weighted by molar-refractivity contribution is 0.0950. The van der Waals surface area contributed by atoms with Crippen LogP contribution in [0.3, 0.4) is 0 Å². The van der Waals surface area contributed by atoms with E-state index in [0.717, 1.165) is 30.1 Å². The summed E-state index contributed by atoms with van der Waals surface area (Å²) in [6, 6.07) is 15.3. The first-order valence-corrected chi connectivity index (χ1v) is 9.13. The summed E-state index contributed by atoms with van der Waals surface area (Å²) in [5, 5.41) is 2.91. The van der Waals surface area contributed by atoms with Crippen LogP contribution in [-0.2, 0) is 13.0 Å². The molecule has 6 heteroatoms. The van der Waals surface area contributed by atoms with Crippen molar-refractivity contribution >= 4 is 11.7 Å². The molecule has 2 aromatic heterocycles. The van der Waals surface area contributed by atoms with Crippen LogP contribution in [0.4, 0.5) is 5.82 Å². The molecule has 0 aliphatic rings. The fraction of sp³-hybridized carbons (Fsp3) is 0.227. The van der Waals surface area contributed by atoms with Gasteiger partial charge in [0.25, 0.3) is 5.91 Å². The van der Waals surface area contributed by atoms with Gasteiger partial charge in [-0.25, -0.2) is 4.98 Å². The Bertz CT molecular complexity index is 898. The molecule has 144 valence electrons. The molecule has 1 aromatic carbocycles. The second kappa shape index (κ2) is 9.50. The molecule has 0 aliphatic carbocycles. The zero-order chi connectivity index (χ0) is 19.8. The Morgan fingerprint density at radius 2 is 1.89 bits per heavy atom. The van der Waals surface area contributed by atoms with Gasteiger partial charge in [0, 0.05) is 44.3 Å². The maximum atomic E-state index is 12.4. The summed E-state index contributed by atoms with van der Waals surface area (Å²) < 4.78 is 5.31. The zero-order valence-corrected chi connectivity index (χ0v) is 16.1. The lowest BCUT2D eigenvalue weighted by Gasteiger charge is -2.18. The number of hydrogen-bond donors (Lipinski definition) is 1. The molecule has 1 amide bonds. The van der Waals surface area contributed by atoms with Crippen LogP contribution in [-0.4, -0.2) is 36.6 Å². The van der Waals surface area contributed by atoms with Crippen LogP contribution in [0.5, 0.6) is 5.75 Å². The molecule has 0 unspecified atom stereocenters. The third-order valence-corrected chi connectivity index (χ3v) is 4.52.